The first-order valence-corrected chi connectivity index (χ1v) is 11.6. The summed E-state index contributed by atoms with van der Waals surface area (Å²) < 4.78 is 2.16. The van der Waals surface area contributed by atoms with E-state index < -0.39 is 0 Å². The average molecular weight is 413 g/mol. The fourth-order valence-electron chi connectivity index (χ4n) is 4.60. The van der Waals surface area contributed by atoms with Gasteiger partial charge in [0.25, 0.3) is 0 Å². The Labute approximate surface area is 176 Å². The van der Waals surface area contributed by atoms with E-state index in [2.05, 4.69) is 48.9 Å². The summed E-state index contributed by atoms with van der Waals surface area (Å²) in [6, 6.07) is 10.8. The SMILES string of the molecule is O=C([C@@H]1C[C@H](N2CCN(c3nccn3-c3ccccc3)CC2)CN1)N1CCSC1. The second-order valence-electron chi connectivity index (χ2n) is 7.95. The first kappa shape index (κ1) is 19.0. The second kappa shape index (κ2) is 8.38. The molecule has 7 nitrogen and oxygen atoms in total. The molecule has 8 heteroatoms. The van der Waals surface area contributed by atoms with Gasteiger partial charge in [-0.15, -0.1) is 11.8 Å². The number of nitrogens with one attached hydrogen (secondary N) is 1. The van der Waals surface area contributed by atoms with E-state index in [4.69, 9.17) is 0 Å². The summed E-state index contributed by atoms with van der Waals surface area (Å²) in [5.41, 5.74) is 1.14. The summed E-state index contributed by atoms with van der Waals surface area (Å²) in [5, 5.41) is 3.48. The van der Waals surface area contributed by atoms with Crippen LogP contribution in [-0.2, 0) is 4.79 Å². The topological polar surface area (TPSA) is 56.6 Å². The third-order valence-electron chi connectivity index (χ3n) is 6.24. The van der Waals surface area contributed by atoms with Crippen molar-refractivity contribution >= 4 is 23.6 Å². The van der Waals surface area contributed by atoms with E-state index in [0.29, 0.717) is 11.9 Å². The van der Waals surface area contributed by atoms with Gasteiger partial charge in [0, 0.05) is 69.1 Å². The number of aromatic nitrogens is 2. The molecule has 1 aromatic heterocycles. The molecule has 0 saturated carbocycles. The lowest BCUT2D eigenvalue weighted by atomic mass is 10.1. The van der Waals surface area contributed by atoms with E-state index in [0.717, 1.165) is 69.0 Å². The zero-order chi connectivity index (χ0) is 19.6. The van der Waals surface area contributed by atoms with Crippen molar-refractivity contribution in [3.8, 4) is 5.69 Å². The molecule has 3 aliphatic rings. The van der Waals surface area contributed by atoms with Gasteiger partial charge in [0.15, 0.2) is 0 Å². The smallest absolute Gasteiger partial charge is 0.240 e. The molecular weight excluding hydrogens is 384 g/mol. The van der Waals surface area contributed by atoms with Crippen LogP contribution in [0.3, 0.4) is 0 Å². The standard InChI is InChI=1S/C21H28N6OS/c28-20(26-12-13-29-16-26)19-14-18(15-23-19)24-8-10-25(11-9-24)21-22-6-7-27(21)17-4-2-1-3-5-17/h1-7,18-19,23H,8-16H2/t18-,19-/m0/s1. The minimum absolute atomic E-state index is 0.00583. The molecule has 3 saturated heterocycles. The Morgan fingerprint density at radius 2 is 1.93 bits per heavy atom. The number of imidazole rings is 1. The van der Waals surface area contributed by atoms with Gasteiger partial charge in [-0.1, -0.05) is 18.2 Å². The molecule has 1 N–H and O–H groups in total. The summed E-state index contributed by atoms with van der Waals surface area (Å²) in [7, 11) is 0. The summed E-state index contributed by atoms with van der Waals surface area (Å²) >= 11 is 1.85. The van der Waals surface area contributed by atoms with Crippen molar-refractivity contribution in [2.75, 3.05) is 55.8 Å². The van der Waals surface area contributed by atoms with Crippen LogP contribution in [0.2, 0.25) is 0 Å². The van der Waals surface area contributed by atoms with E-state index in [1.165, 1.54) is 0 Å². The number of hydrogen-bond donors (Lipinski definition) is 1. The van der Waals surface area contributed by atoms with Crippen LogP contribution in [0, 0.1) is 0 Å². The molecule has 5 rings (SSSR count). The average Bonchev–Trinajstić information content (AvgIpc) is 3.56. The molecule has 3 aliphatic heterocycles. The molecule has 0 bridgehead atoms. The van der Waals surface area contributed by atoms with Crippen molar-refractivity contribution < 1.29 is 4.79 Å². The molecule has 0 spiro atoms. The fourth-order valence-corrected chi connectivity index (χ4v) is 5.55. The number of benzene rings is 1. The molecule has 154 valence electrons. The lowest BCUT2D eigenvalue weighted by Crippen LogP contribution is -2.51. The maximum absolute atomic E-state index is 12.7. The molecule has 29 heavy (non-hydrogen) atoms. The molecule has 0 aliphatic carbocycles. The summed E-state index contributed by atoms with van der Waals surface area (Å²) in [4.78, 5) is 24.2. The highest BCUT2D eigenvalue weighted by molar-refractivity contribution is 7.99. The Morgan fingerprint density at radius 1 is 1.10 bits per heavy atom. The third-order valence-corrected chi connectivity index (χ3v) is 7.20. The van der Waals surface area contributed by atoms with Crippen LogP contribution >= 0.6 is 11.8 Å². The Hall–Kier alpha value is -2.03. The van der Waals surface area contributed by atoms with Crippen molar-refractivity contribution in [2.24, 2.45) is 0 Å². The number of carbonyl (C=O) groups excluding carboxylic acids is 1. The Balaban J connectivity index is 1.18. The highest BCUT2D eigenvalue weighted by Crippen LogP contribution is 2.23. The van der Waals surface area contributed by atoms with Gasteiger partial charge in [0.05, 0.1) is 11.9 Å². The lowest BCUT2D eigenvalue weighted by molar-refractivity contribution is -0.131. The van der Waals surface area contributed by atoms with Gasteiger partial charge in [0.1, 0.15) is 0 Å². The summed E-state index contributed by atoms with van der Waals surface area (Å²) in [5.74, 6) is 3.23. The van der Waals surface area contributed by atoms with Crippen molar-refractivity contribution in [3.63, 3.8) is 0 Å². The van der Waals surface area contributed by atoms with E-state index in [1.54, 1.807) is 0 Å². The maximum atomic E-state index is 12.7. The van der Waals surface area contributed by atoms with Crippen molar-refractivity contribution in [1.82, 2.24) is 24.7 Å². The Kier molecular flexibility index (Phi) is 5.48. The predicted molar refractivity (Wildman–Crippen MR) is 117 cm³/mol. The van der Waals surface area contributed by atoms with Gasteiger partial charge in [-0.25, -0.2) is 4.98 Å². The first-order chi connectivity index (χ1) is 14.3. The van der Waals surface area contributed by atoms with Crippen LogP contribution in [-0.4, -0.2) is 88.2 Å². The van der Waals surface area contributed by atoms with Gasteiger partial charge >= 0.3 is 0 Å². The quantitative estimate of drug-likeness (QED) is 0.816. The minimum atomic E-state index is -0.00583. The molecule has 3 fully saturated rings. The van der Waals surface area contributed by atoms with Gasteiger partial charge in [-0.3, -0.25) is 14.3 Å². The van der Waals surface area contributed by atoms with Crippen LogP contribution in [0.25, 0.3) is 5.69 Å². The number of hydrogen-bond acceptors (Lipinski definition) is 6. The number of anilines is 1. The van der Waals surface area contributed by atoms with Gasteiger partial charge in [0.2, 0.25) is 11.9 Å². The predicted octanol–water partition coefficient (Wildman–Crippen LogP) is 1.26. The molecule has 0 radical (unpaired) electrons. The number of carbonyl (C=O) groups is 1. The number of piperazine rings is 1. The van der Waals surface area contributed by atoms with E-state index >= 15 is 0 Å². The number of thioether (sulfide) groups is 1. The first-order valence-electron chi connectivity index (χ1n) is 10.5. The Bertz CT molecular complexity index is 829. The number of para-hydroxylation sites is 1. The minimum Gasteiger partial charge on any atom is -0.339 e. The largest absolute Gasteiger partial charge is 0.339 e. The van der Waals surface area contributed by atoms with Crippen LogP contribution in [0.15, 0.2) is 42.7 Å². The molecule has 0 unspecified atom stereocenters. The van der Waals surface area contributed by atoms with Gasteiger partial charge in [-0.05, 0) is 18.6 Å². The van der Waals surface area contributed by atoms with Crippen LogP contribution in [0.4, 0.5) is 5.95 Å². The number of nitrogens with zero attached hydrogens (tertiary/aromatic N) is 5. The zero-order valence-electron chi connectivity index (χ0n) is 16.6. The normalized spacial score (nSPS) is 25.7. The molecular formula is C21H28N6OS. The summed E-state index contributed by atoms with van der Waals surface area (Å²) in [6.07, 6.45) is 4.84. The van der Waals surface area contributed by atoms with E-state index in [1.807, 2.05) is 35.1 Å². The monoisotopic (exact) mass is 412 g/mol. The lowest BCUT2D eigenvalue weighted by Gasteiger charge is -2.38. The van der Waals surface area contributed by atoms with Crippen molar-refractivity contribution in [2.45, 2.75) is 18.5 Å². The van der Waals surface area contributed by atoms with Crippen molar-refractivity contribution in [3.05, 3.63) is 42.7 Å². The van der Waals surface area contributed by atoms with Crippen LogP contribution in [0.5, 0.6) is 0 Å². The highest BCUT2D eigenvalue weighted by atomic mass is 32.2. The molecule has 4 heterocycles. The highest BCUT2D eigenvalue weighted by Gasteiger charge is 2.36. The van der Waals surface area contributed by atoms with Crippen LogP contribution in [0.1, 0.15) is 6.42 Å². The molecule has 2 aromatic rings. The number of rotatable bonds is 4. The number of amides is 1. The second-order valence-corrected chi connectivity index (χ2v) is 9.02. The summed E-state index contributed by atoms with van der Waals surface area (Å²) in [6.45, 7) is 5.75. The van der Waals surface area contributed by atoms with E-state index in [-0.39, 0.29) is 6.04 Å². The third kappa shape index (κ3) is 3.89. The van der Waals surface area contributed by atoms with Crippen LogP contribution < -0.4 is 10.2 Å². The van der Waals surface area contributed by atoms with Crippen molar-refractivity contribution in [1.29, 1.82) is 0 Å². The maximum Gasteiger partial charge on any atom is 0.240 e. The van der Waals surface area contributed by atoms with Gasteiger partial charge in [-0.2, -0.15) is 0 Å². The molecule has 1 aromatic carbocycles. The molecule has 2 atom stereocenters. The Morgan fingerprint density at radius 3 is 2.69 bits per heavy atom. The zero-order valence-corrected chi connectivity index (χ0v) is 17.4. The van der Waals surface area contributed by atoms with Gasteiger partial charge < -0.3 is 15.1 Å². The molecule has 1 amide bonds. The van der Waals surface area contributed by atoms with E-state index in [9.17, 15) is 4.79 Å². The fraction of sp³-hybridized carbons (Fsp3) is 0.524.